The molecule has 0 atom stereocenters. The number of carbonyl (C=O) groups is 2. The van der Waals surface area contributed by atoms with Gasteiger partial charge >= 0.3 is 11.8 Å². The van der Waals surface area contributed by atoms with E-state index < -0.39 is 11.8 Å². The van der Waals surface area contributed by atoms with Crippen LogP contribution >= 0.6 is 23.2 Å². The molecule has 4 nitrogen and oxygen atoms in total. The molecule has 19 heavy (non-hydrogen) atoms. The monoisotopic (exact) mass is 300 g/mol. The zero-order valence-electron chi connectivity index (χ0n) is 10.2. The topological polar surface area (TPSA) is 58.2 Å². The fourth-order valence-electron chi connectivity index (χ4n) is 2.11. The molecular formula is C13H14Cl2N2O2. The van der Waals surface area contributed by atoms with Crippen LogP contribution in [0.5, 0.6) is 0 Å². The molecule has 102 valence electrons. The van der Waals surface area contributed by atoms with Crippen molar-refractivity contribution in [1.82, 2.24) is 5.32 Å². The first-order chi connectivity index (χ1) is 9.08. The van der Waals surface area contributed by atoms with E-state index in [4.69, 9.17) is 23.2 Å². The summed E-state index contributed by atoms with van der Waals surface area (Å²) in [5, 5.41) is 5.74. The van der Waals surface area contributed by atoms with Crippen LogP contribution in [0, 0.1) is 0 Å². The van der Waals surface area contributed by atoms with Crippen LogP contribution in [0.15, 0.2) is 18.2 Å². The maximum atomic E-state index is 11.8. The molecule has 1 fully saturated rings. The highest BCUT2D eigenvalue weighted by atomic mass is 35.5. The number of carbonyl (C=O) groups excluding carboxylic acids is 2. The number of rotatable bonds is 2. The minimum atomic E-state index is -0.748. The Morgan fingerprint density at radius 2 is 1.63 bits per heavy atom. The Hall–Kier alpha value is -1.26. The van der Waals surface area contributed by atoms with E-state index in [2.05, 4.69) is 10.6 Å². The van der Waals surface area contributed by atoms with Crippen molar-refractivity contribution in [3.63, 3.8) is 0 Å². The van der Waals surface area contributed by atoms with Gasteiger partial charge in [-0.2, -0.15) is 0 Å². The molecule has 2 rings (SSSR count). The third-order valence-electron chi connectivity index (χ3n) is 3.10. The van der Waals surface area contributed by atoms with Crippen molar-refractivity contribution >= 4 is 40.7 Å². The van der Waals surface area contributed by atoms with Crippen molar-refractivity contribution in [3.05, 3.63) is 28.2 Å². The molecule has 0 bridgehead atoms. The van der Waals surface area contributed by atoms with Gasteiger partial charge in [0.15, 0.2) is 0 Å². The van der Waals surface area contributed by atoms with Crippen LogP contribution in [0.2, 0.25) is 10.0 Å². The Labute approximate surface area is 121 Å². The second-order valence-corrected chi connectivity index (χ2v) is 5.32. The highest BCUT2D eigenvalue weighted by molar-refractivity contribution is 6.44. The Balaban J connectivity index is 1.98. The first-order valence-corrected chi connectivity index (χ1v) is 6.89. The van der Waals surface area contributed by atoms with Gasteiger partial charge in [0.25, 0.3) is 0 Å². The number of hydrogen-bond donors (Lipinski definition) is 2. The third-order valence-corrected chi connectivity index (χ3v) is 3.73. The summed E-state index contributed by atoms with van der Waals surface area (Å²) in [5.74, 6) is -1.40. The van der Waals surface area contributed by atoms with Crippen LogP contribution in [-0.2, 0) is 9.59 Å². The summed E-state index contributed by atoms with van der Waals surface area (Å²) in [6.45, 7) is 0. The molecule has 0 aromatic heterocycles. The summed E-state index contributed by atoms with van der Waals surface area (Å²) in [7, 11) is 0. The quantitative estimate of drug-likeness (QED) is 0.825. The van der Waals surface area contributed by atoms with Crippen molar-refractivity contribution in [2.24, 2.45) is 0 Å². The number of amides is 2. The van der Waals surface area contributed by atoms with Crippen LogP contribution in [0.1, 0.15) is 25.7 Å². The zero-order valence-corrected chi connectivity index (χ0v) is 11.7. The van der Waals surface area contributed by atoms with Gasteiger partial charge < -0.3 is 10.6 Å². The van der Waals surface area contributed by atoms with Crippen molar-refractivity contribution < 1.29 is 9.59 Å². The van der Waals surface area contributed by atoms with E-state index in [-0.39, 0.29) is 11.7 Å². The predicted octanol–water partition coefficient (Wildman–Crippen LogP) is 2.99. The molecule has 1 aromatic rings. The molecule has 1 aliphatic rings. The highest BCUT2D eigenvalue weighted by Crippen LogP contribution is 2.29. The maximum absolute atomic E-state index is 11.8. The summed E-state index contributed by atoms with van der Waals surface area (Å²) in [5.41, 5.74) is 0.261. The van der Waals surface area contributed by atoms with Crippen LogP contribution in [0.3, 0.4) is 0 Å². The fraction of sp³-hybridized carbons (Fsp3) is 0.385. The summed E-state index contributed by atoms with van der Waals surface area (Å²) in [6.07, 6.45) is 4.02. The molecule has 0 saturated heterocycles. The van der Waals surface area contributed by atoms with Gasteiger partial charge in [-0.3, -0.25) is 9.59 Å². The SMILES string of the molecule is O=C(Nc1c(Cl)cccc1Cl)C(=O)NC1CCCC1. The van der Waals surface area contributed by atoms with E-state index in [9.17, 15) is 9.59 Å². The fourth-order valence-corrected chi connectivity index (χ4v) is 2.60. The third kappa shape index (κ3) is 3.61. The van der Waals surface area contributed by atoms with Crippen LogP contribution in [-0.4, -0.2) is 17.9 Å². The summed E-state index contributed by atoms with van der Waals surface area (Å²) in [6, 6.07) is 4.95. The number of hydrogen-bond acceptors (Lipinski definition) is 2. The van der Waals surface area contributed by atoms with Gasteiger partial charge in [-0.05, 0) is 25.0 Å². The minimum absolute atomic E-state index is 0.0972. The lowest BCUT2D eigenvalue weighted by molar-refractivity contribution is -0.136. The second kappa shape index (κ2) is 6.26. The molecule has 0 unspecified atom stereocenters. The Bertz CT molecular complexity index is 479. The standard InChI is InChI=1S/C13H14Cl2N2O2/c14-9-6-3-7-10(15)11(9)17-13(19)12(18)16-8-4-1-2-5-8/h3,6-8H,1-2,4-5H2,(H,16,18)(H,17,19). The van der Waals surface area contributed by atoms with Gasteiger partial charge in [0.05, 0.1) is 15.7 Å². The Morgan fingerprint density at radius 3 is 2.21 bits per heavy atom. The van der Waals surface area contributed by atoms with Crippen LogP contribution in [0.4, 0.5) is 5.69 Å². The van der Waals surface area contributed by atoms with Gasteiger partial charge in [-0.1, -0.05) is 42.1 Å². The van der Waals surface area contributed by atoms with Crippen molar-refractivity contribution in [1.29, 1.82) is 0 Å². The maximum Gasteiger partial charge on any atom is 0.313 e. The second-order valence-electron chi connectivity index (χ2n) is 4.51. The number of benzene rings is 1. The van der Waals surface area contributed by atoms with Crippen molar-refractivity contribution in [3.8, 4) is 0 Å². The predicted molar refractivity (Wildman–Crippen MR) is 75.5 cm³/mol. The molecule has 0 aliphatic heterocycles. The van der Waals surface area contributed by atoms with Gasteiger partial charge in [-0.15, -0.1) is 0 Å². The molecular weight excluding hydrogens is 287 g/mol. The molecule has 0 heterocycles. The van der Waals surface area contributed by atoms with Gasteiger partial charge in [-0.25, -0.2) is 0 Å². The number of para-hydroxylation sites is 1. The normalized spacial score (nSPS) is 15.3. The lowest BCUT2D eigenvalue weighted by atomic mass is 10.2. The lowest BCUT2D eigenvalue weighted by Crippen LogP contribution is -2.40. The van der Waals surface area contributed by atoms with Gasteiger partial charge in [0.2, 0.25) is 0 Å². The average Bonchev–Trinajstić information content (AvgIpc) is 2.86. The number of halogens is 2. The lowest BCUT2D eigenvalue weighted by Gasteiger charge is -2.12. The molecule has 2 N–H and O–H groups in total. The minimum Gasteiger partial charge on any atom is -0.345 e. The molecule has 2 amide bonds. The number of nitrogens with one attached hydrogen (secondary N) is 2. The van der Waals surface area contributed by atoms with Crippen molar-refractivity contribution in [2.75, 3.05) is 5.32 Å². The summed E-state index contributed by atoms with van der Waals surface area (Å²) < 4.78 is 0. The average molecular weight is 301 g/mol. The number of anilines is 1. The molecule has 6 heteroatoms. The van der Waals surface area contributed by atoms with Crippen LogP contribution in [0.25, 0.3) is 0 Å². The van der Waals surface area contributed by atoms with E-state index in [1.54, 1.807) is 18.2 Å². The van der Waals surface area contributed by atoms with E-state index in [1.165, 1.54) is 0 Å². The van der Waals surface area contributed by atoms with Gasteiger partial charge in [0, 0.05) is 6.04 Å². The molecule has 1 aliphatic carbocycles. The smallest absolute Gasteiger partial charge is 0.313 e. The van der Waals surface area contributed by atoms with Gasteiger partial charge in [0.1, 0.15) is 0 Å². The molecule has 1 aromatic carbocycles. The van der Waals surface area contributed by atoms with E-state index in [0.29, 0.717) is 10.0 Å². The Morgan fingerprint density at radius 1 is 1.05 bits per heavy atom. The molecule has 0 spiro atoms. The molecule has 1 saturated carbocycles. The highest BCUT2D eigenvalue weighted by Gasteiger charge is 2.22. The molecule has 0 radical (unpaired) electrons. The summed E-state index contributed by atoms with van der Waals surface area (Å²) >= 11 is 11.8. The zero-order chi connectivity index (χ0) is 13.8. The first-order valence-electron chi connectivity index (χ1n) is 6.14. The Kier molecular flexibility index (Phi) is 4.66. The summed E-state index contributed by atoms with van der Waals surface area (Å²) in [4.78, 5) is 23.5. The first kappa shape index (κ1) is 14.2. The van der Waals surface area contributed by atoms with Crippen molar-refractivity contribution in [2.45, 2.75) is 31.7 Å². The largest absolute Gasteiger partial charge is 0.345 e. The van der Waals surface area contributed by atoms with E-state index >= 15 is 0 Å². The van der Waals surface area contributed by atoms with Crippen LogP contribution < -0.4 is 10.6 Å². The van der Waals surface area contributed by atoms with E-state index in [0.717, 1.165) is 25.7 Å². The van der Waals surface area contributed by atoms with E-state index in [1.807, 2.05) is 0 Å².